The first-order chi connectivity index (χ1) is 9.49. The van der Waals surface area contributed by atoms with Crippen molar-refractivity contribution in [1.29, 1.82) is 5.26 Å². The number of nitrogens with zero attached hydrogens (tertiary/aromatic N) is 1. The van der Waals surface area contributed by atoms with E-state index in [4.69, 9.17) is 15.5 Å². The molecular weight excluding hydrogens is 278 g/mol. The number of rotatable bonds is 4. The molecular formula is C14H19NO6. The van der Waals surface area contributed by atoms with Gasteiger partial charge >= 0.3 is 17.9 Å². The second-order valence-electron chi connectivity index (χ2n) is 3.64. The summed E-state index contributed by atoms with van der Waals surface area (Å²) in [6.45, 7) is 12.9. The van der Waals surface area contributed by atoms with E-state index in [0.717, 1.165) is 0 Å². The normalized spacial score (nSPS) is 7.52. The fourth-order valence-electron chi connectivity index (χ4n) is 0.432. The van der Waals surface area contributed by atoms with E-state index in [1.54, 1.807) is 13.8 Å². The molecule has 0 fully saturated rings. The Morgan fingerprint density at radius 3 is 1.57 bits per heavy atom. The molecule has 0 atom stereocenters. The summed E-state index contributed by atoms with van der Waals surface area (Å²) in [5.74, 6) is -2.79. The van der Waals surface area contributed by atoms with Crippen molar-refractivity contribution in [2.45, 2.75) is 20.3 Å². The van der Waals surface area contributed by atoms with E-state index in [1.807, 2.05) is 6.07 Å². The van der Waals surface area contributed by atoms with Gasteiger partial charge in [-0.3, -0.25) is 4.79 Å². The quantitative estimate of drug-likeness (QED) is 0.461. The van der Waals surface area contributed by atoms with Crippen molar-refractivity contribution in [3.05, 3.63) is 36.5 Å². The number of carboxylic acid groups (broad SMARTS) is 2. The number of aliphatic carboxylic acids is 2. The van der Waals surface area contributed by atoms with Crippen molar-refractivity contribution >= 4 is 17.9 Å². The van der Waals surface area contributed by atoms with Crippen molar-refractivity contribution in [1.82, 2.24) is 0 Å². The molecule has 0 aromatic rings. The molecule has 0 saturated carbocycles. The Hall–Kier alpha value is -2.88. The highest BCUT2D eigenvalue weighted by molar-refractivity contribution is 5.91. The van der Waals surface area contributed by atoms with Gasteiger partial charge < -0.3 is 14.9 Å². The van der Waals surface area contributed by atoms with E-state index in [2.05, 4.69) is 24.5 Å². The minimum Gasteiger partial charge on any atom is -0.481 e. The molecule has 0 rings (SSSR count). The Labute approximate surface area is 123 Å². The van der Waals surface area contributed by atoms with E-state index in [9.17, 15) is 14.4 Å². The lowest BCUT2D eigenvalue weighted by molar-refractivity contribution is -0.139. The topological polar surface area (TPSA) is 125 Å². The molecule has 7 nitrogen and oxygen atoms in total. The van der Waals surface area contributed by atoms with Gasteiger partial charge in [0.25, 0.3) is 0 Å². The zero-order valence-corrected chi connectivity index (χ0v) is 12.3. The van der Waals surface area contributed by atoms with E-state index < -0.39 is 18.4 Å². The number of hydrogen-bond donors (Lipinski definition) is 2. The van der Waals surface area contributed by atoms with Gasteiger partial charge in [0.15, 0.2) is 0 Å². The molecule has 2 N–H and O–H groups in total. The van der Waals surface area contributed by atoms with Gasteiger partial charge in [-0.1, -0.05) is 19.7 Å². The Kier molecular flexibility index (Phi) is 15.0. The molecule has 21 heavy (non-hydrogen) atoms. The van der Waals surface area contributed by atoms with Crippen molar-refractivity contribution in [3.63, 3.8) is 0 Å². The van der Waals surface area contributed by atoms with Gasteiger partial charge in [0.1, 0.15) is 0 Å². The van der Waals surface area contributed by atoms with Crippen LogP contribution in [0.4, 0.5) is 0 Å². The minimum atomic E-state index is -1.27. The van der Waals surface area contributed by atoms with E-state index in [-0.39, 0.29) is 11.5 Å². The fraction of sp³-hybridized carbons (Fsp3) is 0.286. The lowest BCUT2D eigenvalue weighted by Gasteiger charge is -1.91. The lowest BCUT2D eigenvalue weighted by Crippen LogP contribution is -2.04. The zero-order valence-electron chi connectivity index (χ0n) is 12.3. The maximum Gasteiger partial charge on any atom is 0.332 e. The second kappa shape index (κ2) is 13.5. The second-order valence-corrected chi connectivity index (χ2v) is 3.64. The van der Waals surface area contributed by atoms with Crippen LogP contribution in [0.25, 0.3) is 0 Å². The smallest absolute Gasteiger partial charge is 0.332 e. The molecule has 0 radical (unpaired) electrons. The number of carbonyl (C=O) groups excluding carboxylic acids is 1. The molecule has 0 bridgehead atoms. The van der Waals surface area contributed by atoms with Crippen molar-refractivity contribution < 1.29 is 29.3 Å². The average molecular weight is 297 g/mol. The van der Waals surface area contributed by atoms with Crippen LogP contribution in [0.3, 0.4) is 0 Å². The van der Waals surface area contributed by atoms with Crippen molar-refractivity contribution in [3.8, 4) is 6.07 Å². The van der Waals surface area contributed by atoms with Crippen LogP contribution in [-0.4, -0.2) is 35.2 Å². The van der Waals surface area contributed by atoms with Crippen LogP contribution in [0.15, 0.2) is 36.5 Å². The van der Waals surface area contributed by atoms with Gasteiger partial charge in [0, 0.05) is 16.7 Å². The summed E-state index contributed by atoms with van der Waals surface area (Å²) in [5, 5.41) is 23.9. The molecule has 116 valence electrons. The third-order valence-corrected chi connectivity index (χ3v) is 1.39. The zero-order chi connectivity index (χ0) is 17.6. The summed E-state index contributed by atoms with van der Waals surface area (Å²) in [6.07, 6.45) is -0.505. The van der Waals surface area contributed by atoms with Crippen LogP contribution < -0.4 is 0 Å². The highest BCUT2D eigenvalue weighted by Crippen LogP contribution is 1.95. The van der Waals surface area contributed by atoms with E-state index in [0.29, 0.717) is 11.1 Å². The summed E-state index contributed by atoms with van der Waals surface area (Å²) < 4.78 is 4.27. The van der Waals surface area contributed by atoms with Gasteiger partial charge in [0.05, 0.1) is 19.6 Å². The molecule has 0 saturated heterocycles. The fourth-order valence-corrected chi connectivity index (χ4v) is 0.432. The summed E-state index contributed by atoms with van der Waals surface area (Å²) in [7, 11) is 1.33. The number of allylic oxidation sites excluding steroid dienone is 1. The number of esters is 1. The first-order valence-electron chi connectivity index (χ1n) is 5.41. The van der Waals surface area contributed by atoms with Crippen LogP contribution in [0.2, 0.25) is 0 Å². The van der Waals surface area contributed by atoms with Gasteiger partial charge in [-0.15, -0.1) is 0 Å². The lowest BCUT2D eigenvalue weighted by atomic mass is 10.2. The molecule has 0 unspecified atom stereocenters. The first kappa shape index (κ1) is 23.2. The summed E-state index contributed by atoms with van der Waals surface area (Å²) in [4.78, 5) is 29.9. The van der Waals surface area contributed by atoms with Crippen LogP contribution in [-0.2, 0) is 19.1 Å². The summed E-state index contributed by atoms with van der Waals surface area (Å²) >= 11 is 0. The Balaban J connectivity index is -0.000000242. The van der Waals surface area contributed by atoms with Gasteiger partial charge in [-0.05, 0) is 13.8 Å². The molecule has 0 aliphatic heterocycles. The molecule has 0 aromatic carbocycles. The Morgan fingerprint density at radius 1 is 1.14 bits per heavy atom. The molecule has 0 amide bonds. The van der Waals surface area contributed by atoms with Crippen LogP contribution in [0, 0.1) is 11.3 Å². The first-order valence-corrected chi connectivity index (χ1v) is 5.41. The summed E-state index contributed by atoms with van der Waals surface area (Å²) in [5.41, 5.74) is 0.690. The predicted molar refractivity (Wildman–Crippen MR) is 76.3 cm³/mol. The predicted octanol–water partition coefficient (Wildman–Crippen LogP) is 1.92. The highest BCUT2D eigenvalue weighted by atomic mass is 16.5. The third kappa shape index (κ3) is 22.7. The largest absolute Gasteiger partial charge is 0.481 e. The maximum atomic E-state index is 10.2. The molecule has 0 aliphatic carbocycles. The number of carboxylic acids is 2. The number of ether oxygens (including phenoxy) is 1. The Bertz CT molecular complexity index is 470. The van der Waals surface area contributed by atoms with Crippen molar-refractivity contribution in [2.75, 3.05) is 7.11 Å². The number of hydrogen-bond acceptors (Lipinski definition) is 5. The monoisotopic (exact) mass is 297 g/mol. The molecule has 0 aliphatic rings. The van der Waals surface area contributed by atoms with Gasteiger partial charge in [-0.25, -0.2) is 9.59 Å². The number of carbonyl (C=O) groups is 3. The van der Waals surface area contributed by atoms with E-state index >= 15 is 0 Å². The Morgan fingerprint density at radius 2 is 1.52 bits per heavy atom. The average Bonchev–Trinajstić information content (AvgIpc) is 2.38. The van der Waals surface area contributed by atoms with Gasteiger partial charge in [0.2, 0.25) is 0 Å². The highest BCUT2D eigenvalue weighted by Gasteiger charge is 2.07. The number of methoxy groups -OCH3 is 1. The molecule has 0 spiro atoms. The maximum absolute atomic E-state index is 10.2. The summed E-state index contributed by atoms with van der Waals surface area (Å²) in [6, 6.07) is 1.83. The third-order valence-electron chi connectivity index (χ3n) is 1.39. The van der Waals surface area contributed by atoms with Crippen LogP contribution >= 0.6 is 0 Å². The van der Waals surface area contributed by atoms with Crippen molar-refractivity contribution in [2.24, 2.45) is 0 Å². The number of nitriles is 1. The van der Waals surface area contributed by atoms with Crippen LogP contribution in [0.5, 0.6) is 0 Å². The van der Waals surface area contributed by atoms with Gasteiger partial charge in [-0.2, -0.15) is 5.26 Å². The standard InChI is InChI=1S/C5H6O4.C5H8O2.C4H5N/c1-3(5(8)9)2-4(6)7;1-4(2)5(6)7-3;1-4(2)3-5/h1-2H2,(H,6,7)(H,8,9);1H2,2-3H3;1H2,2H3. The van der Waals surface area contributed by atoms with Crippen LogP contribution in [0.1, 0.15) is 20.3 Å². The molecule has 7 heteroatoms. The van der Waals surface area contributed by atoms with E-state index in [1.165, 1.54) is 7.11 Å². The molecule has 0 aromatic heterocycles. The molecule has 0 heterocycles. The SMILES string of the molecule is C=C(C)C#N.C=C(C)C(=O)OC.C=C(CC(=O)O)C(=O)O. The minimum absolute atomic E-state index is 0.303.